The van der Waals surface area contributed by atoms with E-state index >= 15 is 0 Å². The van der Waals surface area contributed by atoms with Crippen LogP contribution in [-0.4, -0.2) is 40.9 Å². The third-order valence-electron chi connectivity index (χ3n) is 6.26. The summed E-state index contributed by atoms with van der Waals surface area (Å²) in [5, 5.41) is 11.2. The van der Waals surface area contributed by atoms with Crippen LogP contribution in [0.4, 0.5) is 4.79 Å². The summed E-state index contributed by atoms with van der Waals surface area (Å²) in [6.07, 6.45) is 0.450. The largest absolute Gasteiger partial charge is 0.497 e. The topological polar surface area (TPSA) is 64.6 Å². The lowest BCUT2D eigenvalue weighted by atomic mass is 9.99. The number of aromatic nitrogens is 2. The highest BCUT2D eigenvalue weighted by Gasteiger charge is 2.21. The molecule has 0 aliphatic heterocycles. The quantitative estimate of drug-likeness (QED) is 0.256. The van der Waals surface area contributed by atoms with E-state index < -0.39 is 5.60 Å². The molecule has 2 aromatic carbocycles. The molecule has 4 aromatic rings. The first-order valence-electron chi connectivity index (χ1n) is 12.5. The second kappa shape index (κ2) is 10.9. The van der Waals surface area contributed by atoms with Gasteiger partial charge in [0, 0.05) is 34.1 Å². The van der Waals surface area contributed by atoms with E-state index in [0.717, 1.165) is 45.5 Å². The summed E-state index contributed by atoms with van der Waals surface area (Å²) in [7, 11) is 3.45. The molecule has 2 aromatic heterocycles. The van der Waals surface area contributed by atoms with E-state index in [1.807, 2.05) is 45.9 Å². The number of hydrogen-bond donors (Lipinski definition) is 0. The van der Waals surface area contributed by atoms with E-state index in [-0.39, 0.29) is 12.0 Å². The van der Waals surface area contributed by atoms with Gasteiger partial charge in [0.25, 0.3) is 0 Å². The molecular weight excluding hydrogens is 482 g/mol. The van der Waals surface area contributed by atoms with Gasteiger partial charge in [-0.15, -0.1) is 11.3 Å². The Morgan fingerprint density at radius 2 is 1.81 bits per heavy atom. The minimum absolute atomic E-state index is 0.266. The average molecular weight is 518 g/mol. The Kier molecular flexibility index (Phi) is 7.83. The molecule has 2 heterocycles. The molecule has 0 aliphatic rings. The van der Waals surface area contributed by atoms with Crippen LogP contribution in [0.3, 0.4) is 0 Å². The summed E-state index contributed by atoms with van der Waals surface area (Å²) in [6, 6.07) is 18.7. The fraction of sp³-hybridized carbons (Fsp3) is 0.367. The van der Waals surface area contributed by atoms with Crippen molar-refractivity contribution in [3.8, 4) is 16.2 Å². The van der Waals surface area contributed by atoms with Crippen molar-refractivity contribution in [1.29, 1.82) is 0 Å². The molecule has 0 N–H and O–H groups in total. The number of benzene rings is 2. The number of nitrogens with zero attached hydrogens (tertiary/aromatic N) is 3. The highest BCUT2D eigenvalue weighted by molar-refractivity contribution is 7.15. The van der Waals surface area contributed by atoms with E-state index in [2.05, 4.69) is 53.5 Å². The molecule has 6 nitrogen and oxygen atoms in total. The number of rotatable bonds is 7. The molecule has 0 saturated carbocycles. The van der Waals surface area contributed by atoms with Crippen molar-refractivity contribution in [2.24, 2.45) is 0 Å². The lowest BCUT2D eigenvalue weighted by molar-refractivity contribution is 0.0285. The number of fused-ring (bicyclic) bond motifs is 1. The number of carbonyl (C=O) groups excluding carboxylic acids is 1. The molecule has 1 atom stereocenters. The molecular formula is C30H35N3O3S. The van der Waals surface area contributed by atoms with Crippen LogP contribution in [0.15, 0.2) is 54.6 Å². The van der Waals surface area contributed by atoms with E-state index in [1.54, 1.807) is 30.4 Å². The van der Waals surface area contributed by atoms with E-state index in [0.29, 0.717) is 6.54 Å². The van der Waals surface area contributed by atoms with Gasteiger partial charge in [0.2, 0.25) is 0 Å². The van der Waals surface area contributed by atoms with E-state index in [1.165, 1.54) is 9.75 Å². The van der Waals surface area contributed by atoms with Crippen molar-refractivity contribution < 1.29 is 14.3 Å². The molecule has 0 aliphatic carbocycles. The van der Waals surface area contributed by atoms with Gasteiger partial charge in [-0.05, 0) is 81.5 Å². The third-order valence-corrected chi connectivity index (χ3v) is 7.61. The number of methoxy groups -OCH3 is 1. The standard InChI is InChI=1S/C30H35N3O3S/c1-19(16-26-25-17-22(35-7)12-13-23(25)20(2)31-32-26)27-14-15-28(37-27)24-11-9-8-10-21(24)18-33(6)29(34)36-30(3,4)5/h8-15,17,19H,16,18H2,1-7H3/t19-/m0/s1. The zero-order valence-corrected chi connectivity index (χ0v) is 23.5. The predicted molar refractivity (Wildman–Crippen MR) is 150 cm³/mol. The fourth-order valence-electron chi connectivity index (χ4n) is 4.31. The van der Waals surface area contributed by atoms with Crippen LogP contribution in [0.2, 0.25) is 0 Å². The second-order valence-electron chi connectivity index (χ2n) is 10.4. The molecule has 4 rings (SSSR count). The highest BCUT2D eigenvalue weighted by Crippen LogP contribution is 2.36. The van der Waals surface area contributed by atoms with Crippen LogP contribution in [0.5, 0.6) is 5.75 Å². The van der Waals surface area contributed by atoms with Crippen LogP contribution in [-0.2, 0) is 17.7 Å². The predicted octanol–water partition coefficient (Wildman–Crippen LogP) is 7.39. The molecule has 0 saturated heterocycles. The number of amides is 1. The number of ether oxygens (including phenoxy) is 2. The third kappa shape index (κ3) is 6.28. The lowest BCUT2D eigenvalue weighted by Crippen LogP contribution is -2.33. The maximum Gasteiger partial charge on any atom is 0.410 e. The van der Waals surface area contributed by atoms with Gasteiger partial charge in [-0.1, -0.05) is 31.2 Å². The first-order chi connectivity index (χ1) is 17.6. The molecule has 37 heavy (non-hydrogen) atoms. The van der Waals surface area contributed by atoms with Gasteiger partial charge in [-0.2, -0.15) is 10.2 Å². The molecule has 194 valence electrons. The van der Waals surface area contributed by atoms with Gasteiger partial charge in [0.1, 0.15) is 11.4 Å². The Morgan fingerprint density at radius 1 is 1.05 bits per heavy atom. The molecule has 0 radical (unpaired) electrons. The average Bonchev–Trinajstić information content (AvgIpc) is 3.35. The molecule has 0 fully saturated rings. The van der Waals surface area contributed by atoms with Crippen molar-refractivity contribution in [3.05, 3.63) is 76.4 Å². The van der Waals surface area contributed by atoms with Crippen molar-refractivity contribution >= 4 is 28.2 Å². The second-order valence-corrected chi connectivity index (χ2v) is 11.6. The zero-order chi connectivity index (χ0) is 26.7. The normalized spacial score (nSPS) is 12.4. The summed E-state index contributed by atoms with van der Waals surface area (Å²) < 4.78 is 11.0. The molecule has 0 bridgehead atoms. The van der Waals surface area contributed by atoms with Crippen LogP contribution in [0, 0.1) is 6.92 Å². The first-order valence-corrected chi connectivity index (χ1v) is 13.3. The summed E-state index contributed by atoms with van der Waals surface area (Å²) in [6.45, 7) is 10.3. The van der Waals surface area contributed by atoms with Gasteiger partial charge < -0.3 is 14.4 Å². The zero-order valence-electron chi connectivity index (χ0n) is 22.7. The lowest BCUT2D eigenvalue weighted by Gasteiger charge is -2.25. The Bertz CT molecular complexity index is 1410. The minimum Gasteiger partial charge on any atom is -0.497 e. The Morgan fingerprint density at radius 3 is 2.54 bits per heavy atom. The van der Waals surface area contributed by atoms with Gasteiger partial charge >= 0.3 is 6.09 Å². The van der Waals surface area contributed by atoms with Gasteiger partial charge in [-0.3, -0.25) is 0 Å². The molecule has 0 unspecified atom stereocenters. The Labute approximate surface area is 223 Å². The first kappa shape index (κ1) is 26.6. The Balaban J connectivity index is 1.55. The summed E-state index contributed by atoms with van der Waals surface area (Å²) in [5.74, 6) is 1.09. The Hall–Kier alpha value is -3.45. The maximum atomic E-state index is 12.5. The summed E-state index contributed by atoms with van der Waals surface area (Å²) in [4.78, 5) is 16.6. The smallest absolute Gasteiger partial charge is 0.410 e. The monoisotopic (exact) mass is 517 g/mol. The minimum atomic E-state index is -0.526. The molecule has 0 spiro atoms. The number of carbonyl (C=O) groups is 1. The van der Waals surface area contributed by atoms with Crippen molar-refractivity contribution in [2.75, 3.05) is 14.2 Å². The van der Waals surface area contributed by atoms with Crippen molar-refractivity contribution in [1.82, 2.24) is 15.1 Å². The van der Waals surface area contributed by atoms with Crippen molar-refractivity contribution in [2.45, 2.75) is 59.1 Å². The SMILES string of the molecule is COc1ccc2c(C)nnc(C[C@H](C)c3ccc(-c4ccccc4CN(C)C(=O)OC(C)(C)C)s3)c2c1. The van der Waals surface area contributed by atoms with Crippen LogP contribution in [0.1, 0.15) is 55.4 Å². The fourth-order valence-corrected chi connectivity index (χ4v) is 5.43. The van der Waals surface area contributed by atoms with Crippen LogP contribution < -0.4 is 4.74 Å². The molecule has 1 amide bonds. The van der Waals surface area contributed by atoms with Gasteiger partial charge in [0.05, 0.1) is 18.5 Å². The van der Waals surface area contributed by atoms with E-state index in [9.17, 15) is 4.79 Å². The maximum absolute atomic E-state index is 12.5. The number of thiophene rings is 1. The van der Waals surface area contributed by atoms with Crippen molar-refractivity contribution in [3.63, 3.8) is 0 Å². The highest BCUT2D eigenvalue weighted by atomic mass is 32.1. The number of aryl methyl sites for hydroxylation is 1. The molecule has 7 heteroatoms. The van der Waals surface area contributed by atoms with Gasteiger partial charge in [-0.25, -0.2) is 4.79 Å². The summed E-state index contributed by atoms with van der Waals surface area (Å²) >= 11 is 1.78. The van der Waals surface area contributed by atoms with Crippen LogP contribution in [0.25, 0.3) is 21.2 Å². The number of hydrogen-bond acceptors (Lipinski definition) is 6. The van der Waals surface area contributed by atoms with E-state index in [4.69, 9.17) is 9.47 Å². The summed E-state index contributed by atoms with van der Waals surface area (Å²) in [5.41, 5.74) is 3.58. The van der Waals surface area contributed by atoms with Gasteiger partial charge in [0.15, 0.2) is 0 Å². The van der Waals surface area contributed by atoms with Crippen LogP contribution >= 0.6 is 11.3 Å².